The van der Waals surface area contributed by atoms with Crippen molar-refractivity contribution in [3.63, 3.8) is 0 Å². The van der Waals surface area contributed by atoms with Gasteiger partial charge in [0.1, 0.15) is 5.25 Å². The fourth-order valence-corrected chi connectivity index (χ4v) is 4.54. The van der Waals surface area contributed by atoms with Crippen molar-refractivity contribution in [2.24, 2.45) is 0 Å². The third-order valence-corrected chi connectivity index (χ3v) is 7.88. The summed E-state index contributed by atoms with van der Waals surface area (Å²) < 4.78 is 49.5. The fraction of sp³-hybridized carbons (Fsp3) is 0.562. The third-order valence-electron chi connectivity index (χ3n) is 4.47. The molecule has 0 bridgehead atoms. The normalized spacial score (nSPS) is 18.7. The predicted octanol–water partition coefficient (Wildman–Crippen LogP) is 0.697. The van der Waals surface area contributed by atoms with E-state index >= 15 is 0 Å². The van der Waals surface area contributed by atoms with Gasteiger partial charge in [-0.1, -0.05) is 17.7 Å². The van der Waals surface area contributed by atoms with Gasteiger partial charge in [0.2, 0.25) is 15.9 Å². The lowest BCUT2D eigenvalue weighted by Crippen LogP contribution is -2.49. The van der Waals surface area contributed by atoms with E-state index in [9.17, 15) is 21.6 Å². The van der Waals surface area contributed by atoms with Crippen LogP contribution in [-0.4, -0.2) is 57.7 Å². The molecule has 0 radical (unpaired) electrons. The van der Waals surface area contributed by atoms with E-state index in [-0.39, 0.29) is 24.0 Å². The van der Waals surface area contributed by atoms with E-state index in [1.807, 2.05) is 6.92 Å². The van der Waals surface area contributed by atoms with Gasteiger partial charge in [0, 0.05) is 25.4 Å². The number of nitrogens with zero attached hydrogens (tertiary/aromatic N) is 1. The van der Waals surface area contributed by atoms with Gasteiger partial charge in [0.25, 0.3) is 0 Å². The minimum Gasteiger partial charge on any atom is -0.352 e. The van der Waals surface area contributed by atoms with Crippen LogP contribution in [0.5, 0.6) is 0 Å². The minimum atomic E-state index is -3.55. The quantitative estimate of drug-likeness (QED) is 0.800. The van der Waals surface area contributed by atoms with Gasteiger partial charge in [-0.2, -0.15) is 4.31 Å². The van der Waals surface area contributed by atoms with Gasteiger partial charge in [0.05, 0.1) is 4.90 Å². The highest BCUT2D eigenvalue weighted by Gasteiger charge is 2.31. The summed E-state index contributed by atoms with van der Waals surface area (Å²) in [5, 5.41) is 1.60. The second-order valence-corrected chi connectivity index (χ2v) is 10.8. The van der Waals surface area contributed by atoms with Gasteiger partial charge in [-0.15, -0.1) is 0 Å². The molecule has 1 atom stereocenters. The van der Waals surface area contributed by atoms with Crippen molar-refractivity contribution in [1.29, 1.82) is 0 Å². The molecule has 140 valence electrons. The molecular weight excluding hydrogens is 364 g/mol. The molecule has 1 aliphatic rings. The minimum absolute atomic E-state index is 0.221. The molecule has 2 rings (SSSR count). The monoisotopic (exact) mass is 388 g/mol. The molecule has 1 N–H and O–H groups in total. The maximum atomic E-state index is 12.6. The lowest BCUT2D eigenvalue weighted by molar-refractivity contribution is -0.121. The zero-order chi connectivity index (χ0) is 18.8. The molecule has 0 spiro atoms. The van der Waals surface area contributed by atoms with E-state index in [1.54, 1.807) is 24.3 Å². The SMILES string of the molecule is Cc1ccc(S(=O)(=O)N2CCC(NC(=O)[C@H](C)S(C)(=O)=O)CC2)cc1. The van der Waals surface area contributed by atoms with Crippen molar-refractivity contribution in [2.75, 3.05) is 19.3 Å². The van der Waals surface area contributed by atoms with Gasteiger partial charge in [-0.25, -0.2) is 16.8 Å². The Kier molecular flexibility index (Phi) is 5.90. The first kappa shape index (κ1) is 19.9. The number of amides is 1. The second-order valence-electron chi connectivity index (χ2n) is 6.47. The summed E-state index contributed by atoms with van der Waals surface area (Å²) in [6, 6.07) is 6.47. The summed E-state index contributed by atoms with van der Waals surface area (Å²) in [6.07, 6.45) is 1.93. The Morgan fingerprint density at radius 1 is 1.12 bits per heavy atom. The van der Waals surface area contributed by atoms with E-state index in [1.165, 1.54) is 11.2 Å². The molecule has 0 aliphatic carbocycles. The van der Waals surface area contributed by atoms with Crippen molar-refractivity contribution < 1.29 is 21.6 Å². The van der Waals surface area contributed by atoms with Crippen LogP contribution in [0.15, 0.2) is 29.2 Å². The van der Waals surface area contributed by atoms with Crippen LogP contribution in [0.4, 0.5) is 0 Å². The Morgan fingerprint density at radius 2 is 1.64 bits per heavy atom. The maximum absolute atomic E-state index is 12.6. The lowest BCUT2D eigenvalue weighted by Gasteiger charge is -2.32. The van der Waals surface area contributed by atoms with Gasteiger partial charge in [0.15, 0.2) is 9.84 Å². The van der Waals surface area contributed by atoms with Crippen LogP contribution >= 0.6 is 0 Å². The smallest absolute Gasteiger partial charge is 0.243 e. The highest BCUT2D eigenvalue weighted by atomic mass is 32.2. The van der Waals surface area contributed by atoms with Crippen molar-refractivity contribution in [3.8, 4) is 0 Å². The maximum Gasteiger partial charge on any atom is 0.243 e. The summed E-state index contributed by atoms with van der Waals surface area (Å²) in [7, 11) is -6.99. The van der Waals surface area contributed by atoms with E-state index in [0.29, 0.717) is 12.8 Å². The molecule has 0 aromatic heterocycles. The molecule has 1 heterocycles. The fourth-order valence-electron chi connectivity index (χ4n) is 2.61. The summed E-state index contributed by atoms with van der Waals surface area (Å²) >= 11 is 0. The number of carbonyl (C=O) groups excluding carboxylic acids is 1. The number of benzene rings is 1. The van der Waals surface area contributed by atoms with Gasteiger partial charge >= 0.3 is 0 Å². The van der Waals surface area contributed by atoms with Crippen LogP contribution < -0.4 is 5.32 Å². The van der Waals surface area contributed by atoms with Crippen LogP contribution in [0.1, 0.15) is 25.3 Å². The zero-order valence-corrected chi connectivity index (χ0v) is 16.2. The number of hydrogen-bond donors (Lipinski definition) is 1. The van der Waals surface area contributed by atoms with Gasteiger partial charge in [-0.3, -0.25) is 4.79 Å². The summed E-state index contributed by atoms with van der Waals surface area (Å²) in [4.78, 5) is 12.2. The number of carbonyl (C=O) groups is 1. The molecule has 1 aromatic rings. The molecule has 1 aliphatic heterocycles. The molecular formula is C16H24N2O5S2. The van der Waals surface area contributed by atoms with E-state index in [4.69, 9.17) is 0 Å². The van der Waals surface area contributed by atoms with Crippen LogP contribution in [0.2, 0.25) is 0 Å². The van der Waals surface area contributed by atoms with Crippen molar-refractivity contribution >= 4 is 25.8 Å². The number of aryl methyl sites for hydroxylation is 1. The number of piperidine rings is 1. The first-order chi connectivity index (χ1) is 11.5. The number of nitrogens with one attached hydrogen (secondary N) is 1. The Balaban J connectivity index is 1.97. The van der Waals surface area contributed by atoms with Crippen molar-refractivity contribution in [1.82, 2.24) is 9.62 Å². The molecule has 1 fully saturated rings. The molecule has 1 saturated heterocycles. The van der Waals surface area contributed by atoms with Crippen LogP contribution in [0.25, 0.3) is 0 Å². The first-order valence-corrected chi connectivity index (χ1v) is 11.5. The molecule has 0 saturated carbocycles. The van der Waals surface area contributed by atoms with E-state index in [2.05, 4.69) is 5.32 Å². The molecule has 25 heavy (non-hydrogen) atoms. The Labute approximate surface area is 149 Å². The summed E-state index contributed by atoms with van der Waals surface area (Å²) in [5.41, 5.74) is 0.986. The van der Waals surface area contributed by atoms with Crippen molar-refractivity contribution in [2.45, 2.75) is 42.9 Å². The Morgan fingerprint density at radius 3 is 2.12 bits per heavy atom. The molecule has 9 heteroatoms. The number of sulfone groups is 1. The Hall–Kier alpha value is -1.45. The second kappa shape index (κ2) is 7.43. The average Bonchev–Trinajstić information content (AvgIpc) is 2.54. The first-order valence-electron chi connectivity index (χ1n) is 8.08. The van der Waals surface area contributed by atoms with Crippen LogP contribution in [0.3, 0.4) is 0 Å². The molecule has 7 nitrogen and oxygen atoms in total. The third kappa shape index (κ3) is 4.80. The predicted molar refractivity (Wildman–Crippen MR) is 95.4 cm³/mol. The van der Waals surface area contributed by atoms with Gasteiger partial charge < -0.3 is 5.32 Å². The number of rotatable bonds is 5. The van der Waals surface area contributed by atoms with E-state index < -0.39 is 31.0 Å². The lowest BCUT2D eigenvalue weighted by atomic mass is 10.1. The van der Waals surface area contributed by atoms with Crippen LogP contribution in [0, 0.1) is 6.92 Å². The summed E-state index contributed by atoms with van der Waals surface area (Å²) in [6.45, 7) is 3.81. The van der Waals surface area contributed by atoms with Crippen molar-refractivity contribution in [3.05, 3.63) is 29.8 Å². The highest BCUT2D eigenvalue weighted by Crippen LogP contribution is 2.21. The number of hydrogen-bond acceptors (Lipinski definition) is 5. The largest absolute Gasteiger partial charge is 0.352 e. The zero-order valence-electron chi connectivity index (χ0n) is 14.6. The van der Waals surface area contributed by atoms with Gasteiger partial charge in [-0.05, 0) is 38.8 Å². The number of sulfonamides is 1. The van der Waals surface area contributed by atoms with Crippen LogP contribution in [-0.2, 0) is 24.7 Å². The molecule has 1 amide bonds. The molecule has 1 aromatic carbocycles. The highest BCUT2D eigenvalue weighted by molar-refractivity contribution is 7.92. The molecule has 0 unspecified atom stereocenters. The Bertz CT molecular complexity index is 824. The van der Waals surface area contributed by atoms with E-state index in [0.717, 1.165) is 11.8 Å². The average molecular weight is 389 g/mol. The standard InChI is InChI=1S/C16H24N2O5S2/c1-12-4-6-15(7-5-12)25(22,23)18-10-8-14(9-11-18)17-16(19)13(2)24(3,20)21/h4-7,13-14H,8-11H2,1-3H3,(H,17,19)/t13-/m0/s1. The topological polar surface area (TPSA) is 101 Å². The summed E-state index contributed by atoms with van der Waals surface area (Å²) in [5.74, 6) is -0.539.